The lowest BCUT2D eigenvalue weighted by atomic mass is 10.1. The van der Waals surface area contributed by atoms with E-state index in [-0.39, 0.29) is 35.9 Å². The van der Waals surface area contributed by atoms with Crippen molar-refractivity contribution in [2.45, 2.75) is 18.8 Å². The van der Waals surface area contributed by atoms with Crippen LogP contribution < -0.4 is 15.4 Å². The molecule has 1 aromatic carbocycles. The van der Waals surface area contributed by atoms with Crippen LogP contribution in [0.4, 0.5) is 13.2 Å². The Labute approximate surface area is 172 Å². The van der Waals surface area contributed by atoms with E-state index in [2.05, 4.69) is 20.4 Å². The maximum atomic E-state index is 12.2. The Balaban J connectivity index is 0.00000300. The maximum Gasteiger partial charge on any atom is 0.422 e. The smallest absolute Gasteiger partial charge is 0.422 e. The number of carbonyl (C=O) groups excluding carboxylic acids is 1. The van der Waals surface area contributed by atoms with Crippen molar-refractivity contribution in [1.29, 1.82) is 0 Å². The summed E-state index contributed by atoms with van der Waals surface area (Å²) in [7, 11) is 0. The first kappa shape index (κ1) is 22.9. The molecule has 2 heterocycles. The first-order valence-electron chi connectivity index (χ1n) is 8.76. The van der Waals surface area contributed by atoms with Crippen LogP contribution in [-0.2, 0) is 11.3 Å². The van der Waals surface area contributed by atoms with Crippen LogP contribution in [0.15, 0.2) is 42.6 Å². The zero-order chi connectivity index (χ0) is 20.0. The van der Waals surface area contributed by atoms with Gasteiger partial charge in [0.1, 0.15) is 0 Å². The molecular formula is C19H21ClF3N3O3. The molecule has 0 unspecified atom stereocenters. The van der Waals surface area contributed by atoms with Crippen molar-refractivity contribution in [3.05, 3.63) is 59.3 Å². The molecule has 3 rings (SSSR count). The predicted octanol–water partition coefficient (Wildman–Crippen LogP) is 3.04. The number of nitrogens with one attached hydrogen (secondary N) is 2. The highest BCUT2D eigenvalue weighted by atomic mass is 35.5. The molecule has 0 radical (unpaired) electrons. The molecule has 2 aromatic rings. The first-order chi connectivity index (χ1) is 13.4. The molecule has 10 heteroatoms. The quantitative estimate of drug-likeness (QED) is 0.735. The monoisotopic (exact) mass is 431 g/mol. The standard InChI is InChI=1S/C19H20F3N3O3.ClH/c20-19(21,22)12-28-17-6-5-15(10-24-17)18(26)25-9-13-1-3-14(4-2-13)16-11-23-7-8-27-16;/h1-6,10,16,23H,7-9,11-12H2,(H,25,26);1H/t16-;/m0./s1. The molecule has 1 aliphatic rings. The van der Waals surface area contributed by atoms with E-state index in [0.29, 0.717) is 13.2 Å². The molecule has 2 N–H and O–H groups in total. The van der Waals surface area contributed by atoms with Crippen molar-refractivity contribution < 1.29 is 27.4 Å². The number of alkyl halides is 3. The molecule has 0 saturated carbocycles. The topological polar surface area (TPSA) is 72.5 Å². The maximum absolute atomic E-state index is 12.2. The number of carbonyl (C=O) groups is 1. The van der Waals surface area contributed by atoms with E-state index in [9.17, 15) is 18.0 Å². The Kier molecular flexibility index (Phi) is 8.24. The van der Waals surface area contributed by atoms with E-state index in [1.165, 1.54) is 18.3 Å². The zero-order valence-electron chi connectivity index (χ0n) is 15.4. The molecule has 1 fully saturated rings. The van der Waals surface area contributed by atoms with Gasteiger partial charge in [-0.2, -0.15) is 13.2 Å². The summed E-state index contributed by atoms with van der Waals surface area (Å²) in [5, 5.41) is 6.02. The van der Waals surface area contributed by atoms with Gasteiger partial charge in [0.25, 0.3) is 5.91 Å². The largest absolute Gasteiger partial charge is 0.468 e. The summed E-state index contributed by atoms with van der Waals surface area (Å²) < 4.78 is 46.5. The molecule has 0 spiro atoms. The van der Waals surface area contributed by atoms with Gasteiger partial charge in [0.05, 0.1) is 18.3 Å². The van der Waals surface area contributed by atoms with Crippen molar-refractivity contribution in [2.24, 2.45) is 0 Å². The minimum atomic E-state index is -4.44. The summed E-state index contributed by atoms with van der Waals surface area (Å²) in [5.74, 6) is -0.567. The second-order valence-corrected chi connectivity index (χ2v) is 6.28. The number of morpholine rings is 1. The van der Waals surface area contributed by atoms with Gasteiger partial charge in [-0.1, -0.05) is 24.3 Å². The fourth-order valence-corrected chi connectivity index (χ4v) is 2.67. The van der Waals surface area contributed by atoms with Gasteiger partial charge >= 0.3 is 6.18 Å². The van der Waals surface area contributed by atoms with Crippen LogP contribution in [0.25, 0.3) is 0 Å². The van der Waals surface area contributed by atoms with Gasteiger partial charge in [-0.05, 0) is 17.2 Å². The molecule has 29 heavy (non-hydrogen) atoms. The van der Waals surface area contributed by atoms with Crippen LogP contribution in [0.2, 0.25) is 0 Å². The summed E-state index contributed by atoms with van der Waals surface area (Å²) in [5.41, 5.74) is 2.22. The summed E-state index contributed by atoms with van der Waals surface area (Å²) in [6, 6.07) is 10.4. The summed E-state index contributed by atoms with van der Waals surface area (Å²) in [6.07, 6.45) is -3.23. The molecule has 158 valence electrons. The predicted molar refractivity (Wildman–Crippen MR) is 102 cm³/mol. The van der Waals surface area contributed by atoms with Crippen LogP contribution in [-0.4, -0.2) is 43.4 Å². The number of rotatable bonds is 6. The minimum absolute atomic E-state index is 0. The minimum Gasteiger partial charge on any atom is -0.468 e. The molecule has 1 atom stereocenters. The lowest BCUT2D eigenvalue weighted by molar-refractivity contribution is -0.154. The van der Waals surface area contributed by atoms with Crippen LogP contribution in [0.3, 0.4) is 0 Å². The average Bonchev–Trinajstić information content (AvgIpc) is 2.71. The highest BCUT2D eigenvalue weighted by Crippen LogP contribution is 2.19. The van der Waals surface area contributed by atoms with Crippen molar-refractivity contribution in [3.63, 3.8) is 0 Å². The molecule has 1 amide bonds. The number of halogens is 4. The number of amides is 1. The van der Waals surface area contributed by atoms with Gasteiger partial charge in [-0.15, -0.1) is 12.4 Å². The van der Waals surface area contributed by atoms with Crippen molar-refractivity contribution in [3.8, 4) is 5.88 Å². The molecule has 0 aliphatic carbocycles. The van der Waals surface area contributed by atoms with Gasteiger partial charge < -0.3 is 20.1 Å². The van der Waals surface area contributed by atoms with E-state index >= 15 is 0 Å². The fourth-order valence-electron chi connectivity index (χ4n) is 2.67. The van der Waals surface area contributed by atoms with Crippen LogP contribution in [0.1, 0.15) is 27.6 Å². The Morgan fingerprint density at radius 2 is 2.00 bits per heavy atom. The van der Waals surface area contributed by atoms with E-state index < -0.39 is 12.8 Å². The molecule has 6 nitrogen and oxygen atoms in total. The Morgan fingerprint density at radius 3 is 2.59 bits per heavy atom. The number of ether oxygens (including phenoxy) is 2. The van der Waals surface area contributed by atoms with E-state index in [1.54, 1.807) is 0 Å². The van der Waals surface area contributed by atoms with E-state index in [4.69, 9.17) is 4.74 Å². The van der Waals surface area contributed by atoms with Gasteiger partial charge in [0, 0.05) is 31.9 Å². The molecule has 1 aromatic heterocycles. The van der Waals surface area contributed by atoms with Crippen molar-refractivity contribution in [2.75, 3.05) is 26.3 Å². The van der Waals surface area contributed by atoms with Crippen LogP contribution in [0.5, 0.6) is 5.88 Å². The SMILES string of the molecule is Cl.O=C(NCc1ccc([C@@H]2CNCCO2)cc1)c1ccc(OCC(F)(F)F)nc1. The van der Waals surface area contributed by atoms with Crippen LogP contribution in [0, 0.1) is 0 Å². The highest BCUT2D eigenvalue weighted by molar-refractivity contribution is 5.93. The molecule has 0 bridgehead atoms. The van der Waals surface area contributed by atoms with Gasteiger partial charge in [-0.25, -0.2) is 4.98 Å². The summed E-state index contributed by atoms with van der Waals surface area (Å²) in [6.45, 7) is 1.19. The van der Waals surface area contributed by atoms with Gasteiger partial charge in [0.2, 0.25) is 5.88 Å². The van der Waals surface area contributed by atoms with Crippen molar-refractivity contribution in [1.82, 2.24) is 15.6 Å². The van der Waals surface area contributed by atoms with Crippen molar-refractivity contribution >= 4 is 18.3 Å². The second-order valence-electron chi connectivity index (χ2n) is 6.28. The number of benzene rings is 1. The Bertz CT molecular complexity index is 780. The molecular weight excluding hydrogens is 411 g/mol. The third kappa shape index (κ3) is 7.19. The third-order valence-electron chi connectivity index (χ3n) is 4.11. The van der Waals surface area contributed by atoms with E-state index in [1.807, 2.05) is 24.3 Å². The number of hydrogen-bond acceptors (Lipinski definition) is 5. The lowest BCUT2D eigenvalue weighted by Crippen LogP contribution is -2.33. The molecule has 1 aliphatic heterocycles. The Hall–Kier alpha value is -2.36. The van der Waals surface area contributed by atoms with Gasteiger partial charge in [0.15, 0.2) is 6.61 Å². The summed E-state index contributed by atoms with van der Waals surface area (Å²) in [4.78, 5) is 15.9. The van der Waals surface area contributed by atoms with Crippen LogP contribution >= 0.6 is 12.4 Å². The number of aromatic nitrogens is 1. The first-order valence-corrected chi connectivity index (χ1v) is 8.76. The lowest BCUT2D eigenvalue weighted by Gasteiger charge is -2.24. The molecule has 1 saturated heterocycles. The number of nitrogens with zero attached hydrogens (tertiary/aromatic N) is 1. The third-order valence-corrected chi connectivity index (χ3v) is 4.11. The van der Waals surface area contributed by atoms with Gasteiger partial charge in [-0.3, -0.25) is 4.79 Å². The second kappa shape index (κ2) is 10.4. The zero-order valence-corrected chi connectivity index (χ0v) is 16.2. The van der Waals surface area contributed by atoms with E-state index in [0.717, 1.165) is 24.2 Å². The fraction of sp³-hybridized carbons (Fsp3) is 0.368. The Morgan fingerprint density at radius 1 is 1.24 bits per heavy atom. The average molecular weight is 432 g/mol. The highest BCUT2D eigenvalue weighted by Gasteiger charge is 2.28. The number of hydrogen-bond donors (Lipinski definition) is 2. The number of pyridine rings is 1. The summed E-state index contributed by atoms with van der Waals surface area (Å²) >= 11 is 0. The normalized spacial score (nSPS) is 16.6.